The van der Waals surface area contributed by atoms with Crippen molar-refractivity contribution in [3.8, 4) is 0 Å². The van der Waals surface area contributed by atoms with Gasteiger partial charge in [0.05, 0.1) is 8.06 Å². The summed E-state index contributed by atoms with van der Waals surface area (Å²) in [5.41, 5.74) is 2.96. The topological polar surface area (TPSA) is 17.1 Å². The van der Waals surface area contributed by atoms with Crippen molar-refractivity contribution in [3.63, 3.8) is 0 Å². The second-order valence-corrected chi connectivity index (χ2v) is 9.75. The van der Waals surface area contributed by atoms with Crippen LogP contribution in [0.3, 0.4) is 0 Å². The minimum absolute atomic E-state index is 0.0898. The molecule has 94 valence electrons. The van der Waals surface area contributed by atoms with Gasteiger partial charge in [-0.2, -0.15) is 0 Å². The van der Waals surface area contributed by atoms with Gasteiger partial charge in [0, 0.05) is 10.9 Å². The highest BCUT2D eigenvalue weighted by molar-refractivity contribution is 9.24. The highest BCUT2D eigenvalue weighted by Crippen LogP contribution is 2.34. The lowest BCUT2D eigenvalue weighted by molar-refractivity contribution is 0.0961. The van der Waals surface area contributed by atoms with E-state index in [0.717, 1.165) is 22.0 Å². The van der Waals surface area contributed by atoms with Gasteiger partial charge in [0.2, 0.25) is 0 Å². The lowest BCUT2D eigenvalue weighted by Crippen LogP contribution is -2.24. The first-order valence-corrected chi connectivity index (χ1v) is 8.72. The Morgan fingerprint density at radius 3 is 2.35 bits per heavy atom. The molecule has 0 fully saturated rings. The van der Waals surface area contributed by atoms with Crippen LogP contribution in [0.4, 0.5) is 0 Å². The van der Waals surface area contributed by atoms with Crippen molar-refractivity contribution >= 4 is 69.5 Å². The molecule has 0 amide bonds. The van der Waals surface area contributed by atoms with Gasteiger partial charge in [0.25, 0.3) is 0 Å². The van der Waals surface area contributed by atoms with Crippen LogP contribution in [0, 0.1) is 0 Å². The molecule has 0 aliphatic carbocycles. The largest absolute Gasteiger partial charge is 0.293 e. The predicted octanol–water partition coefficient (Wildman–Crippen LogP) is 5.73. The van der Waals surface area contributed by atoms with Crippen molar-refractivity contribution in [1.82, 2.24) is 0 Å². The van der Waals surface area contributed by atoms with Crippen LogP contribution >= 0.6 is 63.7 Å². The highest BCUT2D eigenvalue weighted by Gasteiger charge is 2.25. The number of hydrogen-bond acceptors (Lipinski definition) is 1. The molecule has 0 bridgehead atoms. The molecule has 1 aromatic rings. The standard InChI is InChI=1S/C12H12Br4O/c1-12(2,16)10(17)7-3-4-9(11(14)15)8(5-7)6-13/h3-5,11H,6H2,1-2H3. The average Bonchev–Trinajstić information content (AvgIpc) is 2.25. The smallest absolute Gasteiger partial charge is 0.178 e. The second kappa shape index (κ2) is 6.31. The van der Waals surface area contributed by atoms with E-state index in [-0.39, 0.29) is 9.52 Å². The average molecular weight is 492 g/mol. The third-order valence-electron chi connectivity index (χ3n) is 2.32. The summed E-state index contributed by atoms with van der Waals surface area (Å²) in [5.74, 6) is 0.0898. The fraction of sp³-hybridized carbons (Fsp3) is 0.417. The van der Waals surface area contributed by atoms with E-state index < -0.39 is 4.32 Å². The third kappa shape index (κ3) is 4.15. The molecule has 0 aliphatic rings. The second-order valence-electron chi connectivity index (χ2n) is 4.15. The first-order valence-electron chi connectivity index (χ1n) is 4.98. The van der Waals surface area contributed by atoms with Crippen LogP contribution in [0.2, 0.25) is 0 Å². The molecule has 0 unspecified atom stereocenters. The molecule has 0 aliphatic heterocycles. The van der Waals surface area contributed by atoms with E-state index >= 15 is 0 Å². The van der Waals surface area contributed by atoms with Gasteiger partial charge in [-0.15, -0.1) is 0 Å². The van der Waals surface area contributed by atoms with Gasteiger partial charge in [0.1, 0.15) is 0 Å². The van der Waals surface area contributed by atoms with Crippen LogP contribution in [-0.2, 0) is 5.33 Å². The van der Waals surface area contributed by atoms with Gasteiger partial charge in [-0.3, -0.25) is 4.79 Å². The molecular weight excluding hydrogens is 480 g/mol. The molecule has 1 rings (SSSR count). The summed E-state index contributed by atoms with van der Waals surface area (Å²) >= 11 is 13.8. The molecule has 0 spiro atoms. The number of hydrogen-bond donors (Lipinski definition) is 0. The molecule has 0 N–H and O–H groups in total. The molecule has 0 saturated heterocycles. The van der Waals surface area contributed by atoms with E-state index in [9.17, 15) is 4.79 Å². The van der Waals surface area contributed by atoms with E-state index in [1.165, 1.54) is 0 Å². The Morgan fingerprint density at radius 2 is 1.94 bits per heavy atom. The summed E-state index contributed by atoms with van der Waals surface area (Å²) in [4.78, 5) is 12.1. The Kier molecular flexibility index (Phi) is 5.89. The van der Waals surface area contributed by atoms with E-state index in [2.05, 4.69) is 63.7 Å². The lowest BCUT2D eigenvalue weighted by Gasteiger charge is -2.16. The minimum Gasteiger partial charge on any atom is -0.293 e. The number of carbonyl (C=O) groups excluding carboxylic acids is 1. The molecule has 0 aromatic heterocycles. The summed E-state index contributed by atoms with van der Waals surface area (Å²) in [5, 5.41) is 0.722. The van der Waals surface area contributed by atoms with E-state index in [0.29, 0.717) is 0 Å². The Morgan fingerprint density at radius 1 is 1.35 bits per heavy atom. The van der Waals surface area contributed by atoms with Crippen molar-refractivity contribution in [3.05, 3.63) is 34.9 Å². The number of rotatable bonds is 4. The number of ketones is 1. The van der Waals surface area contributed by atoms with Gasteiger partial charge < -0.3 is 0 Å². The van der Waals surface area contributed by atoms with E-state index in [1.807, 2.05) is 32.0 Å². The summed E-state index contributed by atoms with van der Waals surface area (Å²) in [7, 11) is 0. The number of alkyl halides is 4. The number of Topliss-reactive ketones (excluding diaryl/α,β-unsaturated/α-hetero) is 1. The molecule has 0 radical (unpaired) electrons. The van der Waals surface area contributed by atoms with Crippen molar-refractivity contribution in [1.29, 1.82) is 0 Å². The fourth-order valence-electron chi connectivity index (χ4n) is 1.42. The minimum atomic E-state index is -0.527. The quantitative estimate of drug-likeness (QED) is 0.388. The Balaban J connectivity index is 3.19. The number of halogens is 4. The zero-order valence-corrected chi connectivity index (χ0v) is 15.8. The monoisotopic (exact) mass is 488 g/mol. The van der Waals surface area contributed by atoms with Gasteiger partial charge >= 0.3 is 0 Å². The van der Waals surface area contributed by atoms with Gasteiger partial charge in [-0.1, -0.05) is 75.9 Å². The first-order chi connectivity index (χ1) is 7.77. The summed E-state index contributed by atoms with van der Waals surface area (Å²) in [6, 6.07) is 5.77. The van der Waals surface area contributed by atoms with Crippen LogP contribution in [0.15, 0.2) is 18.2 Å². The normalized spacial score (nSPS) is 11.9. The van der Waals surface area contributed by atoms with Crippen LogP contribution < -0.4 is 0 Å². The lowest BCUT2D eigenvalue weighted by atomic mass is 9.97. The van der Waals surface area contributed by atoms with Crippen LogP contribution in [0.25, 0.3) is 0 Å². The Bertz CT molecular complexity index is 421. The summed E-state index contributed by atoms with van der Waals surface area (Å²) in [6.45, 7) is 3.71. The van der Waals surface area contributed by atoms with E-state index in [4.69, 9.17) is 0 Å². The SMILES string of the molecule is CC(C)(Br)C(=O)c1ccc(C(Br)Br)c(CBr)c1. The Labute approximate surface area is 135 Å². The molecule has 5 heteroatoms. The fourth-order valence-corrected chi connectivity index (χ4v) is 3.03. The van der Waals surface area contributed by atoms with Crippen molar-refractivity contribution in [2.75, 3.05) is 0 Å². The molecule has 1 aromatic carbocycles. The van der Waals surface area contributed by atoms with Gasteiger partial charge in [-0.05, 0) is 31.0 Å². The molecule has 1 nitrogen and oxygen atoms in total. The molecule has 0 atom stereocenters. The maximum Gasteiger partial charge on any atom is 0.178 e. The number of carbonyl (C=O) groups is 1. The van der Waals surface area contributed by atoms with Crippen LogP contribution in [0.5, 0.6) is 0 Å². The summed E-state index contributed by atoms with van der Waals surface area (Å²) in [6.07, 6.45) is 0. The van der Waals surface area contributed by atoms with Crippen LogP contribution in [0.1, 0.15) is 39.1 Å². The van der Waals surface area contributed by atoms with Crippen LogP contribution in [-0.4, -0.2) is 10.1 Å². The van der Waals surface area contributed by atoms with Crippen molar-refractivity contribution in [2.24, 2.45) is 0 Å². The highest BCUT2D eigenvalue weighted by atomic mass is 79.9. The predicted molar refractivity (Wildman–Crippen MR) is 87.0 cm³/mol. The zero-order valence-electron chi connectivity index (χ0n) is 9.44. The molecular formula is C12H12Br4O. The Hall–Kier alpha value is 0.810. The third-order valence-corrected chi connectivity index (χ3v) is 4.27. The first kappa shape index (κ1) is 15.9. The van der Waals surface area contributed by atoms with Gasteiger partial charge in [-0.25, -0.2) is 0 Å². The zero-order chi connectivity index (χ0) is 13.2. The summed E-state index contributed by atoms with van der Waals surface area (Å²) < 4.78 is -0.427. The molecule has 0 saturated carbocycles. The molecule has 17 heavy (non-hydrogen) atoms. The van der Waals surface area contributed by atoms with Crippen molar-refractivity contribution < 1.29 is 4.79 Å². The maximum atomic E-state index is 12.1. The van der Waals surface area contributed by atoms with E-state index in [1.54, 1.807) is 0 Å². The molecule has 0 heterocycles. The number of benzene rings is 1. The van der Waals surface area contributed by atoms with Crippen molar-refractivity contribution in [2.45, 2.75) is 27.2 Å². The van der Waals surface area contributed by atoms with Gasteiger partial charge in [0.15, 0.2) is 5.78 Å². The maximum absolute atomic E-state index is 12.1.